The van der Waals surface area contributed by atoms with Gasteiger partial charge in [0.05, 0.1) is 15.3 Å². The molecule has 2 heteroatoms. The molecule has 0 spiro atoms. The third kappa shape index (κ3) is 1.87. The largest absolute Gasteiger partial charge is 0.455 e. The molecule has 3 rings (SSSR count). The van der Waals surface area contributed by atoms with Gasteiger partial charge in [0.15, 0.2) is 0 Å². The standard InChI is InChI=1S/C17H13NO/c1-2-3-10-15(18)14-9-6-8-13-12-7-4-5-11-16(12)19-17(13)14/h2-11,18H,1H2/b10-3-,18-15?/i1D,3D,4D,5D,7D,10D,11D/b2-1?,10-3-,18-15?. The van der Waals surface area contributed by atoms with E-state index in [1.54, 1.807) is 12.1 Å². The third-order valence-corrected chi connectivity index (χ3v) is 2.69. The van der Waals surface area contributed by atoms with Crippen LogP contribution in [0.2, 0.25) is 0 Å². The Bertz CT molecular complexity index is 1130. The highest BCUT2D eigenvalue weighted by atomic mass is 16.3. The maximum Gasteiger partial charge on any atom is 0.144 e. The van der Waals surface area contributed by atoms with Crippen molar-refractivity contribution in [2.75, 3.05) is 0 Å². The second-order valence-electron chi connectivity index (χ2n) is 3.80. The second-order valence-corrected chi connectivity index (χ2v) is 3.80. The molecule has 0 amide bonds. The van der Waals surface area contributed by atoms with E-state index >= 15 is 0 Å². The maximum absolute atomic E-state index is 8.20. The molecule has 19 heavy (non-hydrogen) atoms. The van der Waals surface area contributed by atoms with Gasteiger partial charge in [-0.2, -0.15) is 0 Å². The Balaban J connectivity index is 2.38. The van der Waals surface area contributed by atoms with E-state index < -0.39 is 12.1 Å². The topological polar surface area (TPSA) is 37.0 Å². The molecule has 0 aliphatic carbocycles. The maximum atomic E-state index is 8.20. The van der Waals surface area contributed by atoms with Crippen LogP contribution in [0.15, 0.2) is 71.5 Å². The monoisotopic (exact) mass is 254 g/mol. The molecule has 0 saturated carbocycles. The summed E-state index contributed by atoms with van der Waals surface area (Å²) in [5, 5.41) is 8.83. The summed E-state index contributed by atoms with van der Waals surface area (Å²) in [6.45, 7) is 0.857. The summed E-state index contributed by atoms with van der Waals surface area (Å²) in [5.74, 6) is 0. The quantitative estimate of drug-likeness (QED) is 0.534. The fourth-order valence-corrected chi connectivity index (χ4v) is 1.89. The number of hydrogen-bond donors (Lipinski definition) is 1. The van der Waals surface area contributed by atoms with Crippen LogP contribution >= 0.6 is 0 Å². The first kappa shape index (κ1) is 6.02. The van der Waals surface area contributed by atoms with Gasteiger partial charge < -0.3 is 9.83 Å². The molecular formula is C17H13NO. The van der Waals surface area contributed by atoms with E-state index in [-0.39, 0.29) is 52.0 Å². The van der Waals surface area contributed by atoms with Crippen molar-refractivity contribution in [2.24, 2.45) is 0 Å². The number of fused-ring (bicyclic) bond motifs is 3. The molecular weight excluding hydrogens is 234 g/mol. The smallest absolute Gasteiger partial charge is 0.144 e. The fourth-order valence-electron chi connectivity index (χ4n) is 1.89. The average Bonchev–Trinajstić information content (AvgIpc) is 3.03. The Kier molecular flexibility index (Phi) is 1.45. The zero-order valence-electron chi connectivity index (χ0n) is 16.8. The zero-order chi connectivity index (χ0) is 19.2. The second kappa shape index (κ2) is 4.58. The lowest BCUT2D eigenvalue weighted by molar-refractivity contribution is 0.668. The van der Waals surface area contributed by atoms with Gasteiger partial charge in [0.1, 0.15) is 11.2 Å². The van der Waals surface area contributed by atoms with Crippen LogP contribution in [0, 0.1) is 5.41 Å². The van der Waals surface area contributed by atoms with Crippen molar-refractivity contribution in [3.05, 3.63) is 72.7 Å². The Hall–Kier alpha value is -2.61. The van der Waals surface area contributed by atoms with E-state index in [1.165, 1.54) is 6.07 Å². The first-order chi connectivity index (χ1) is 12.3. The van der Waals surface area contributed by atoms with Crippen molar-refractivity contribution in [3.8, 4) is 0 Å². The molecule has 0 unspecified atom stereocenters. The van der Waals surface area contributed by atoms with Crippen LogP contribution < -0.4 is 0 Å². The highest BCUT2D eigenvalue weighted by Gasteiger charge is 2.11. The average molecular weight is 254 g/mol. The predicted molar refractivity (Wildman–Crippen MR) is 79.9 cm³/mol. The van der Waals surface area contributed by atoms with Gasteiger partial charge >= 0.3 is 0 Å². The van der Waals surface area contributed by atoms with Gasteiger partial charge in [-0.3, -0.25) is 0 Å². The normalized spacial score (nSPS) is 18.2. The van der Waals surface area contributed by atoms with E-state index in [0.717, 1.165) is 12.6 Å². The first-order valence-electron chi connectivity index (χ1n) is 9.10. The number of furan rings is 1. The van der Waals surface area contributed by atoms with Gasteiger partial charge in [-0.1, -0.05) is 48.9 Å². The van der Waals surface area contributed by atoms with Crippen molar-refractivity contribution in [1.82, 2.24) is 0 Å². The van der Waals surface area contributed by atoms with Crippen LogP contribution in [0.3, 0.4) is 0 Å². The highest BCUT2D eigenvalue weighted by Crippen LogP contribution is 2.30. The Labute approximate surface area is 121 Å². The summed E-state index contributed by atoms with van der Waals surface area (Å²) >= 11 is 0. The van der Waals surface area contributed by atoms with E-state index in [2.05, 4.69) is 0 Å². The molecule has 2 nitrogen and oxygen atoms in total. The Morgan fingerprint density at radius 1 is 1.37 bits per heavy atom. The number of rotatable bonds is 3. The molecule has 3 aromatic rings. The molecule has 0 radical (unpaired) electrons. The van der Waals surface area contributed by atoms with E-state index in [4.69, 9.17) is 19.4 Å². The van der Waals surface area contributed by atoms with Gasteiger partial charge in [-0.15, -0.1) is 0 Å². The fraction of sp³-hybridized carbons (Fsp3) is 0. The van der Waals surface area contributed by atoms with Crippen LogP contribution in [0.1, 0.15) is 15.2 Å². The number of benzene rings is 2. The highest BCUT2D eigenvalue weighted by molar-refractivity contribution is 6.17. The van der Waals surface area contributed by atoms with Gasteiger partial charge in [0.2, 0.25) is 0 Å². The lowest BCUT2D eigenvalue weighted by Crippen LogP contribution is -1.94. The molecule has 0 bridgehead atoms. The SMILES string of the molecule is [2H]C=C/C([2H])=C(/[2H])C(=N)c1cccc2c1oc1c([2H])c([2H])c([2H])c([2H])c12. The van der Waals surface area contributed by atoms with Gasteiger partial charge in [-0.05, 0) is 18.2 Å². The summed E-state index contributed by atoms with van der Waals surface area (Å²) in [5.41, 5.74) is 0.0440. The van der Waals surface area contributed by atoms with E-state index in [1.807, 2.05) is 0 Å². The number of nitrogens with one attached hydrogen (secondary N) is 1. The number of para-hydroxylation sites is 2. The summed E-state index contributed by atoms with van der Waals surface area (Å²) in [4.78, 5) is 0. The molecule has 0 fully saturated rings. The van der Waals surface area contributed by atoms with Crippen molar-refractivity contribution >= 4 is 27.7 Å². The minimum atomic E-state index is -0.409. The van der Waals surface area contributed by atoms with Crippen LogP contribution in [-0.2, 0) is 0 Å². The van der Waals surface area contributed by atoms with E-state index in [0.29, 0.717) is 5.39 Å². The van der Waals surface area contributed by atoms with Crippen molar-refractivity contribution in [1.29, 1.82) is 5.41 Å². The number of allylic oxidation sites excluding steroid dienone is 3. The third-order valence-electron chi connectivity index (χ3n) is 2.69. The summed E-state index contributed by atoms with van der Waals surface area (Å²) in [6.07, 6.45) is 1.08. The summed E-state index contributed by atoms with van der Waals surface area (Å²) in [7, 11) is 0. The van der Waals surface area contributed by atoms with Crippen LogP contribution in [0.5, 0.6) is 0 Å². The van der Waals surface area contributed by atoms with Crippen molar-refractivity contribution in [3.63, 3.8) is 0 Å². The zero-order valence-corrected chi connectivity index (χ0v) is 9.79. The first-order valence-corrected chi connectivity index (χ1v) is 5.52. The molecule has 0 aliphatic heterocycles. The van der Waals surface area contributed by atoms with E-state index in [9.17, 15) is 0 Å². The summed E-state index contributed by atoms with van der Waals surface area (Å²) in [6, 6.07) is 2.71. The molecule has 1 N–H and O–H groups in total. The summed E-state index contributed by atoms with van der Waals surface area (Å²) < 4.78 is 60.0. The van der Waals surface area contributed by atoms with Gasteiger partial charge in [-0.25, -0.2) is 0 Å². The van der Waals surface area contributed by atoms with Crippen molar-refractivity contribution < 1.29 is 14.0 Å². The van der Waals surface area contributed by atoms with Crippen molar-refractivity contribution in [2.45, 2.75) is 0 Å². The van der Waals surface area contributed by atoms with Gasteiger partial charge in [0.25, 0.3) is 0 Å². The molecule has 0 aliphatic rings. The molecule has 2 aromatic carbocycles. The molecule has 92 valence electrons. The lowest BCUT2D eigenvalue weighted by Gasteiger charge is -1.99. The van der Waals surface area contributed by atoms with Crippen LogP contribution in [0.4, 0.5) is 0 Å². The lowest BCUT2D eigenvalue weighted by atomic mass is 10.1. The molecule has 0 saturated heterocycles. The molecule has 1 aromatic heterocycles. The minimum Gasteiger partial charge on any atom is -0.455 e. The molecule has 0 atom stereocenters. The van der Waals surface area contributed by atoms with Crippen LogP contribution in [-0.4, -0.2) is 5.71 Å². The van der Waals surface area contributed by atoms with Gasteiger partial charge in [0, 0.05) is 16.3 Å². The minimum absolute atomic E-state index is 0.0149. The predicted octanol–water partition coefficient (Wildman–Crippen LogP) is 4.70. The Morgan fingerprint density at radius 3 is 3.16 bits per heavy atom. The molecule has 1 heterocycles. The number of hydrogen-bond acceptors (Lipinski definition) is 2. The van der Waals surface area contributed by atoms with Crippen LogP contribution in [0.25, 0.3) is 21.9 Å². The Morgan fingerprint density at radius 2 is 2.26 bits per heavy atom.